The molecule has 0 fully saturated rings. The Morgan fingerprint density at radius 1 is 1.03 bits per heavy atom. The van der Waals surface area contributed by atoms with Crippen LogP contribution < -0.4 is 14.4 Å². The molecule has 196 valence electrons. The fourth-order valence-corrected chi connectivity index (χ4v) is 6.30. The summed E-state index contributed by atoms with van der Waals surface area (Å²) in [5, 5.41) is 12.0. The predicted octanol–water partition coefficient (Wildman–Crippen LogP) is 5.41. The van der Waals surface area contributed by atoms with Crippen molar-refractivity contribution in [3.8, 4) is 16.3 Å². The summed E-state index contributed by atoms with van der Waals surface area (Å²) in [6, 6.07) is 21.6. The topological polar surface area (TPSA) is 101 Å². The van der Waals surface area contributed by atoms with Gasteiger partial charge in [-0.1, -0.05) is 86.2 Å². The fraction of sp³-hybridized carbons (Fsp3) is 0.250. The Hall–Kier alpha value is -3.76. The molecule has 0 bridgehead atoms. The van der Waals surface area contributed by atoms with Gasteiger partial charge in [0.2, 0.25) is 5.13 Å². The number of benzene rings is 3. The number of hydrogen-bond donors (Lipinski definition) is 1. The van der Waals surface area contributed by atoms with Crippen LogP contribution >= 0.6 is 11.3 Å². The highest BCUT2D eigenvalue weighted by Crippen LogP contribution is 2.40. The first-order valence-electron chi connectivity index (χ1n) is 12.1. The highest BCUT2D eigenvalue weighted by Gasteiger charge is 2.38. The van der Waals surface area contributed by atoms with Gasteiger partial charge in [0.25, 0.3) is 15.9 Å². The molecule has 0 radical (unpaired) electrons. The van der Waals surface area contributed by atoms with E-state index in [0.717, 1.165) is 16.7 Å². The van der Waals surface area contributed by atoms with E-state index in [0.29, 0.717) is 21.6 Å². The summed E-state index contributed by atoms with van der Waals surface area (Å²) in [7, 11) is -3.98. The number of nitrogens with one attached hydrogen (secondary N) is 1. The summed E-state index contributed by atoms with van der Waals surface area (Å²) in [6.45, 7) is 7.87. The van der Waals surface area contributed by atoms with Gasteiger partial charge in [0.05, 0.1) is 17.1 Å². The summed E-state index contributed by atoms with van der Waals surface area (Å²) in [4.78, 5) is 13.4. The molecule has 1 aromatic heterocycles. The number of carbonyl (C=O) groups is 1. The molecule has 1 N–H and O–H groups in total. The number of aryl methyl sites for hydroxylation is 1. The van der Waals surface area contributed by atoms with Crippen molar-refractivity contribution in [2.45, 2.75) is 44.1 Å². The second kappa shape index (κ2) is 9.85. The van der Waals surface area contributed by atoms with Gasteiger partial charge in [-0.2, -0.15) is 0 Å². The van der Waals surface area contributed by atoms with E-state index in [-0.39, 0.29) is 16.9 Å². The minimum absolute atomic E-state index is 0.146. The van der Waals surface area contributed by atoms with Gasteiger partial charge in [-0.05, 0) is 42.2 Å². The van der Waals surface area contributed by atoms with Crippen LogP contribution in [0.25, 0.3) is 10.6 Å². The fourth-order valence-electron chi connectivity index (χ4n) is 4.08. The molecular weight excluding hydrogens is 520 g/mol. The first-order valence-corrected chi connectivity index (χ1v) is 14.4. The van der Waals surface area contributed by atoms with Crippen molar-refractivity contribution in [3.05, 3.63) is 83.9 Å². The summed E-state index contributed by atoms with van der Waals surface area (Å²) in [5.74, 6) is -0.183. The van der Waals surface area contributed by atoms with Gasteiger partial charge in [-0.15, -0.1) is 10.2 Å². The highest BCUT2D eigenvalue weighted by molar-refractivity contribution is 7.92. The van der Waals surface area contributed by atoms with E-state index in [2.05, 4.69) is 36.3 Å². The lowest BCUT2D eigenvalue weighted by molar-refractivity contribution is -0.122. The monoisotopic (exact) mass is 548 g/mol. The summed E-state index contributed by atoms with van der Waals surface area (Å²) >= 11 is 1.23. The smallest absolute Gasteiger partial charge is 0.269 e. The molecule has 0 saturated heterocycles. The SMILES string of the molecule is Cc1ccc(S(=O)(=O)N2CC(C(=O)Nc3nnc(-c4ccccc4)s3)Oc3ccc(C(C)(C)C)cc32)cc1. The van der Waals surface area contributed by atoms with Gasteiger partial charge < -0.3 is 4.74 Å². The molecule has 1 aliphatic heterocycles. The molecule has 3 aromatic carbocycles. The Kier molecular flexibility index (Phi) is 6.70. The summed E-state index contributed by atoms with van der Waals surface area (Å²) in [6.07, 6.45) is -1.09. The van der Waals surface area contributed by atoms with Crippen LogP contribution in [0.1, 0.15) is 31.9 Å². The van der Waals surface area contributed by atoms with Gasteiger partial charge in [0, 0.05) is 5.56 Å². The summed E-state index contributed by atoms with van der Waals surface area (Å²) in [5.41, 5.74) is 2.99. The van der Waals surface area contributed by atoms with Crippen molar-refractivity contribution in [1.29, 1.82) is 0 Å². The van der Waals surface area contributed by atoms with E-state index in [4.69, 9.17) is 4.74 Å². The third-order valence-corrected chi connectivity index (χ3v) is 8.95. The van der Waals surface area contributed by atoms with E-state index in [1.807, 2.05) is 49.4 Å². The van der Waals surface area contributed by atoms with Crippen LogP contribution in [0.4, 0.5) is 10.8 Å². The van der Waals surface area contributed by atoms with E-state index in [9.17, 15) is 13.2 Å². The molecule has 38 heavy (non-hydrogen) atoms. The molecule has 5 rings (SSSR count). The van der Waals surface area contributed by atoms with E-state index in [1.165, 1.54) is 15.6 Å². The van der Waals surface area contributed by atoms with Crippen LogP contribution in [0, 0.1) is 6.92 Å². The minimum Gasteiger partial charge on any atom is -0.476 e. The molecule has 1 unspecified atom stereocenters. The number of fused-ring (bicyclic) bond motifs is 1. The molecule has 0 saturated carbocycles. The number of nitrogens with zero attached hydrogens (tertiary/aromatic N) is 3. The van der Waals surface area contributed by atoms with Crippen LogP contribution in [0.5, 0.6) is 5.75 Å². The number of hydrogen-bond acceptors (Lipinski definition) is 7. The van der Waals surface area contributed by atoms with E-state index in [1.54, 1.807) is 30.3 Å². The maximum Gasteiger partial charge on any atom is 0.269 e. The predicted molar refractivity (Wildman–Crippen MR) is 149 cm³/mol. The molecule has 4 aromatic rings. The number of aromatic nitrogens is 2. The van der Waals surface area contributed by atoms with Crippen LogP contribution in [-0.4, -0.2) is 37.2 Å². The highest BCUT2D eigenvalue weighted by atomic mass is 32.2. The Morgan fingerprint density at radius 2 is 1.74 bits per heavy atom. The van der Waals surface area contributed by atoms with Gasteiger partial charge in [0.1, 0.15) is 10.8 Å². The molecule has 1 atom stereocenters. The zero-order chi connectivity index (χ0) is 27.1. The van der Waals surface area contributed by atoms with Crippen molar-refractivity contribution in [3.63, 3.8) is 0 Å². The van der Waals surface area contributed by atoms with Gasteiger partial charge in [-0.3, -0.25) is 14.4 Å². The number of ether oxygens (including phenoxy) is 1. The number of carbonyl (C=O) groups excluding carboxylic acids is 1. The minimum atomic E-state index is -3.98. The van der Waals surface area contributed by atoms with E-state index < -0.39 is 22.0 Å². The van der Waals surface area contributed by atoms with Crippen molar-refractivity contribution >= 4 is 38.1 Å². The first-order chi connectivity index (χ1) is 18.0. The second-order valence-electron chi connectivity index (χ2n) is 10.2. The second-order valence-corrected chi connectivity index (χ2v) is 13.0. The van der Waals surface area contributed by atoms with Crippen LogP contribution in [0.15, 0.2) is 77.7 Å². The normalized spacial score (nSPS) is 15.5. The zero-order valence-electron chi connectivity index (χ0n) is 21.5. The lowest BCUT2D eigenvalue weighted by Gasteiger charge is -2.35. The van der Waals surface area contributed by atoms with Crippen LogP contribution in [0.3, 0.4) is 0 Å². The Balaban J connectivity index is 1.47. The Bertz CT molecular complexity index is 1580. The molecule has 0 spiro atoms. The van der Waals surface area contributed by atoms with Crippen molar-refractivity contribution in [1.82, 2.24) is 10.2 Å². The number of sulfonamides is 1. The van der Waals surface area contributed by atoms with Crippen LogP contribution in [-0.2, 0) is 20.2 Å². The average Bonchev–Trinajstić information content (AvgIpc) is 3.36. The summed E-state index contributed by atoms with van der Waals surface area (Å²) < 4.78 is 35.0. The molecular formula is C28H28N4O4S2. The zero-order valence-corrected chi connectivity index (χ0v) is 23.1. The average molecular weight is 549 g/mol. The van der Waals surface area contributed by atoms with Crippen LogP contribution in [0.2, 0.25) is 0 Å². The number of anilines is 2. The van der Waals surface area contributed by atoms with Crippen molar-refractivity contribution < 1.29 is 17.9 Å². The molecule has 10 heteroatoms. The maximum atomic E-state index is 13.8. The van der Waals surface area contributed by atoms with Gasteiger partial charge >= 0.3 is 0 Å². The van der Waals surface area contributed by atoms with Gasteiger partial charge in [-0.25, -0.2) is 8.42 Å². The third-order valence-electron chi connectivity index (χ3n) is 6.27. The quantitative estimate of drug-likeness (QED) is 0.358. The van der Waals surface area contributed by atoms with Crippen molar-refractivity contribution in [2.75, 3.05) is 16.2 Å². The number of amides is 1. The first kappa shape index (κ1) is 25.9. The molecule has 1 amide bonds. The third kappa shape index (κ3) is 5.14. The van der Waals surface area contributed by atoms with Gasteiger partial charge in [0.15, 0.2) is 6.10 Å². The molecule has 1 aliphatic rings. The number of rotatable bonds is 5. The maximum absolute atomic E-state index is 13.8. The lowest BCUT2D eigenvalue weighted by atomic mass is 9.86. The lowest BCUT2D eigenvalue weighted by Crippen LogP contribution is -2.49. The molecule has 8 nitrogen and oxygen atoms in total. The molecule has 0 aliphatic carbocycles. The largest absolute Gasteiger partial charge is 0.476 e. The van der Waals surface area contributed by atoms with Crippen molar-refractivity contribution in [2.24, 2.45) is 0 Å². The Labute approximate surface area is 226 Å². The van der Waals surface area contributed by atoms with E-state index >= 15 is 0 Å². The Morgan fingerprint density at radius 3 is 2.42 bits per heavy atom. The molecule has 2 heterocycles. The standard InChI is InChI=1S/C28H28N4O4S2/c1-18-10-13-21(14-11-18)38(34,35)32-17-24(36-23-15-12-20(16-22(23)32)28(2,3)4)25(33)29-27-31-30-26(37-27)19-8-6-5-7-9-19/h5-16,24H,17H2,1-4H3,(H,29,31,33).